The van der Waals surface area contributed by atoms with E-state index >= 15 is 0 Å². The van der Waals surface area contributed by atoms with E-state index < -0.39 is 17.0 Å². The molecular weight excluding hydrogens is 449 g/mol. The van der Waals surface area contributed by atoms with Crippen LogP contribution in [0.3, 0.4) is 0 Å². The number of thioether (sulfide) groups is 1. The van der Waals surface area contributed by atoms with Gasteiger partial charge in [-0.25, -0.2) is 9.38 Å². The second-order valence-corrected chi connectivity index (χ2v) is 9.22. The van der Waals surface area contributed by atoms with Crippen LogP contribution in [0.4, 0.5) is 15.8 Å². The number of nitrogens with one attached hydrogen (secondary N) is 1. The van der Waals surface area contributed by atoms with Crippen LogP contribution in [0.5, 0.6) is 0 Å². The van der Waals surface area contributed by atoms with Gasteiger partial charge in [0.1, 0.15) is 11.1 Å². The second kappa shape index (κ2) is 12.0. The maximum Gasteiger partial charge on any atom is 0.238 e. The first-order chi connectivity index (χ1) is 15.5. The quantitative estimate of drug-likeness (QED) is 0.426. The van der Waals surface area contributed by atoms with Crippen molar-refractivity contribution in [1.29, 1.82) is 0 Å². The molecule has 2 amide bonds. The van der Waals surface area contributed by atoms with Gasteiger partial charge in [0.2, 0.25) is 11.8 Å². The number of amidine groups is 1. The lowest BCUT2D eigenvalue weighted by atomic mass is 10.1. The molecule has 170 valence electrons. The smallest absolute Gasteiger partial charge is 0.238 e. The number of carbonyl (C=O) groups excluding carboxylic acids is 2. The Morgan fingerprint density at radius 3 is 2.72 bits per heavy atom. The zero-order valence-corrected chi connectivity index (χ0v) is 19.6. The molecule has 0 saturated carbocycles. The average Bonchev–Trinajstić information content (AvgIpc) is 2.76. The minimum Gasteiger partial charge on any atom is -0.323 e. The summed E-state index contributed by atoms with van der Waals surface area (Å²) in [5.74, 6) is -1.10. The summed E-state index contributed by atoms with van der Waals surface area (Å²) in [5.41, 5.74) is 0.705. The maximum absolute atomic E-state index is 14.0. The molecule has 2 aromatic carbocycles. The number of hydrogen-bond donors (Lipinski definition) is 1. The predicted octanol–water partition coefficient (Wildman–Crippen LogP) is 6.41. The molecule has 0 spiro atoms. The molecule has 5 nitrogen and oxygen atoms in total. The molecule has 3 rings (SSSR count). The molecule has 0 aliphatic carbocycles. The molecule has 1 heterocycles. The minimum atomic E-state index is -0.698. The first kappa shape index (κ1) is 24.3. The number of halogens is 2. The molecule has 0 aromatic heterocycles. The van der Waals surface area contributed by atoms with Crippen LogP contribution in [-0.4, -0.2) is 33.7 Å². The van der Waals surface area contributed by atoms with Gasteiger partial charge in [-0.3, -0.25) is 14.5 Å². The van der Waals surface area contributed by atoms with Gasteiger partial charge in [0, 0.05) is 18.0 Å². The summed E-state index contributed by atoms with van der Waals surface area (Å²) in [5, 5.41) is 2.90. The molecule has 1 N–H and O–H groups in total. The van der Waals surface area contributed by atoms with Gasteiger partial charge in [0.15, 0.2) is 5.17 Å². The Hall–Kier alpha value is -2.38. The fraction of sp³-hybridized carbons (Fsp3) is 0.375. The van der Waals surface area contributed by atoms with Gasteiger partial charge >= 0.3 is 0 Å². The first-order valence-corrected chi connectivity index (χ1v) is 12.1. The van der Waals surface area contributed by atoms with Gasteiger partial charge in [-0.05, 0) is 36.8 Å². The number of unbranched alkanes of at least 4 members (excludes halogenated alkanes) is 4. The van der Waals surface area contributed by atoms with Crippen molar-refractivity contribution in [2.24, 2.45) is 4.99 Å². The number of rotatable bonds is 9. The summed E-state index contributed by atoms with van der Waals surface area (Å²) in [6, 6.07) is 13.0. The first-order valence-electron chi connectivity index (χ1n) is 10.8. The third-order valence-electron chi connectivity index (χ3n) is 5.08. The highest BCUT2D eigenvalue weighted by molar-refractivity contribution is 8.15. The number of carbonyl (C=O) groups is 2. The van der Waals surface area contributed by atoms with E-state index in [0.717, 1.165) is 25.7 Å². The Morgan fingerprint density at radius 2 is 1.97 bits per heavy atom. The molecule has 2 aromatic rings. The fourth-order valence-electron chi connectivity index (χ4n) is 3.37. The van der Waals surface area contributed by atoms with Crippen LogP contribution in [0, 0.1) is 5.82 Å². The largest absolute Gasteiger partial charge is 0.323 e. The molecule has 1 atom stereocenters. The van der Waals surface area contributed by atoms with Crippen LogP contribution in [0.2, 0.25) is 5.02 Å². The van der Waals surface area contributed by atoms with Crippen molar-refractivity contribution >= 4 is 51.7 Å². The Bertz CT molecular complexity index is 985. The summed E-state index contributed by atoms with van der Waals surface area (Å²) >= 11 is 7.31. The molecule has 32 heavy (non-hydrogen) atoms. The summed E-state index contributed by atoms with van der Waals surface area (Å²) in [7, 11) is 0. The Balaban J connectivity index is 1.77. The van der Waals surface area contributed by atoms with Crippen LogP contribution < -0.4 is 5.32 Å². The SMILES string of the molecule is CCCCCCCN1C(=O)CC(C(=O)Nc2ccccc2F)SC1=Nc1cccc(Cl)c1. The second-order valence-electron chi connectivity index (χ2n) is 7.61. The Labute approximate surface area is 197 Å². The molecule has 1 aliphatic heterocycles. The lowest BCUT2D eigenvalue weighted by Gasteiger charge is -2.32. The van der Waals surface area contributed by atoms with Crippen molar-refractivity contribution in [3.63, 3.8) is 0 Å². The van der Waals surface area contributed by atoms with E-state index in [1.807, 2.05) is 0 Å². The summed E-state index contributed by atoms with van der Waals surface area (Å²) in [6.45, 7) is 2.71. The van der Waals surface area contributed by atoms with E-state index in [2.05, 4.69) is 17.2 Å². The van der Waals surface area contributed by atoms with Crippen molar-refractivity contribution in [3.05, 3.63) is 59.4 Å². The molecular formula is C24H27ClFN3O2S. The van der Waals surface area contributed by atoms with E-state index in [-0.39, 0.29) is 18.0 Å². The summed E-state index contributed by atoms with van der Waals surface area (Å²) in [6.07, 6.45) is 5.38. The molecule has 0 bridgehead atoms. The molecule has 8 heteroatoms. The van der Waals surface area contributed by atoms with Crippen molar-refractivity contribution in [3.8, 4) is 0 Å². The van der Waals surface area contributed by atoms with Crippen LogP contribution >= 0.6 is 23.4 Å². The van der Waals surface area contributed by atoms with Crippen molar-refractivity contribution in [2.45, 2.75) is 50.7 Å². The standard InChI is InChI=1S/C24H27ClFN3O2S/c1-2-3-4-5-8-14-29-22(30)16-21(23(31)28-20-13-7-6-12-19(20)26)32-24(29)27-18-11-9-10-17(25)15-18/h6-7,9-13,15,21H,2-5,8,14,16H2,1H3,(H,28,31). The number of amides is 2. The van der Waals surface area contributed by atoms with Gasteiger partial charge in [-0.15, -0.1) is 0 Å². The van der Waals surface area contributed by atoms with Crippen LogP contribution in [0.15, 0.2) is 53.5 Å². The summed E-state index contributed by atoms with van der Waals surface area (Å²) < 4.78 is 14.0. The van der Waals surface area contributed by atoms with Crippen molar-refractivity contribution < 1.29 is 14.0 Å². The Morgan fingerprint density at radius 1 is 1.19 bits per heavy atom. The van der Waals surface area contributed by atoms with Crippen LogP contribution in [-0.2, 0) is 9.59 Å². The topological polar surface area (TPSA) is 61.8 Å². The van der Waals surface area contributed by atoms with E-state index in [1.54, 1.807) is 41.3 Å². The average molecular weight is 476 g/mol. The lowest BCUT2D eigenvalue weighted by Crippen LogP contribution is -2.45. The molecule has 1 aliphatic rings. The number of benzene rings is 2. The zero-order valence-electron chi connectivity index (χ0n) is 18.0. The Kier molecular flexibility index (Phi) is 9.11. The third-order valence-corrected chi connectivity index (χ3v) is 6.50. The van der Waals surface area contributed by atoms with Gasteiger partial charge in [-0.1, -0.05) is 74.2 Å². The lowest BCUT2D eigenvalue weighted by molar-refractivity contribution is -0.129. The number of para-hydroxylation sites is 1. The van der Waals surface area contributed by atoms with E-state index in [0.29, 0.717) is 22.4 Å². The number of anilines is 1. The maximum atomic E-state index is 14.0. The van der Waals surface area contributed by atoms with Crippen molar-refractivity contribution in [1.82, 2.24) is 4.90 Å². The van der Waals surface area contributed by atoms with Crippen LogP contribution in [0.25, 0.3) is 0 Å². The number of aliphatic imine (C=N–C) groups is 1. The zero-order chi connectivity index (χ0) is 22.9. The molecule has 1 fully saturated rings. The highest BCUT2D eigenvalue weighted by atomic mass is 35.5. The minimum absolute atomic E-state index is 0.0362. The van der Waals surface area contributed by atoms with Crippen LogP contribution in [0.1, 0.15) is 45.4 Å². The third kappa shape index (κ3) is 6.81. The number of nitrogens with zero attached hydrogens (tertiary/aromatic N) is 2. The summed E-state index contributed by atoms with van der Waals surface area (Å²) in [4.78, 5) is 32.1. The molecule has 0 radical (unpaired) electrons. The fourth-order valence-corrected chi connectivity index (χ4v) is 4.68. The predicted molar refractivity (Wildman–Crippen MR) is 130 cm³/mol. The van der Waals surface area contributed by atoms with Gasteiger partial charge < -0.3 is 5.32 Å². The normalized spacial score (nSPS) is 17.6. The van der Waals surface area contributed by atoms with E-state index in [1.165, 1.54) is 30.3 Å². The van der Waals surface area contributed by atoms with Gasteiger partial charge in [0.05, 0.1) is 11.4 Å². The highest BCUT2D eigenvalue weighted by Crippen LogP contribution is 2.31. The van der Waals surface area contributed by atoms with E-state index in [9.17, 15) is 14.0 Å². The van der Waals surface area contributed by atoms with Gasteiger partial charge in [-0.2, -0.15) is 0 Å². The van der Waals surface area contributed by atoms with Crippen molar-refractivity contribution in [2.75, 3.05) is 11.9 Å². The van der Waals surface area contributed by atoms with Gasteiger partial charge in [0.25, 0.3) is 0 Å². The number of hydrogen-bond acceptors (Lipinski definition) is 4. The molecule has 1 saturated heterocycles. The highest BCUT2D eigenvalue weighted by Gasteiger charge is 2.35. The van der Waals surface area contributed by atoms with E-state index in [4.69, 9.17) is 11.6 Å². The molecule has 1 unspecified atom stereocenters. The monoisotopic (exact) mass is 475 g/mol.